The van der Waals surface area contributed by atoms with E-state index in [4.69, 9.17) is 0 Å². The first-order chi connectivity index (χ1) is 11.2. The summed E-state index contributed by atoms with van der Waals surface area (Å²) in [6.45, 7) is 5.46. The second-order valence-corrected chi connectivity index (χ2v) is 6.98. The van der Waals surface area contributed by atoms with Crippen molar-refractivity contribution in [1.29, 1.82) is 0 Å². The number of nitrogens with one attached hydrogen (secondary N) is 1. The lowest BCUT2D eigenvalue weighted by atomic mass is 10.1. The Hall–Kier alpha value is -1.66. The van der Waals surface area contributed by atoms with E-state index in [-0.39, 0.29) is 24.0 Å². The van der Waals surface area contributed by atoms with Gasteiger partial charge in [-0.1, -0.05) is 0 Å². The molecule has 0 spiro atoms. The Morgan fingerprint density at radius 2 is 2.39 bits per heavy atom. The van der Waals surface area contributed by atoms with Crippen LogP contribution in [0.15, 0.2) is 35.3 Å². The van der Waals surface area contributed by atoms with Crippen LogP contribution in [-0.2, 0) is 4.79 Å². The summed E-state index contributed by atoms with van der Waals surface area (Å²) in [4.78, 5) is 14.6. The van der Waals surface area contributed by atoms with Gasteiger partial charge in [-0.3, -0.25) is 9.48 Å². The molecule has 6 heteroatoms. The Labute approximate surface area is 141 Å². The molecule has 3 heterocycles. The summed E-state index contributed by atoms with van der Waals surface area (Å²) < 4.78 is 1.92. The van der Waals surface area contributed by atoms with E-state index in [0.29, 0.717) is 6.54 Å². The zero-order valence-corrected chi connectivity index (χ0v) is 14.5. The SMILES string of the molecule is C[C@H](NCC(=O)N1CCC[C@H]1c1ccsc1)[C@H](C)n1cccn1. The molecule has 124 valence electrons. The molecule has 1 saturated heterocycles. The van der Waals surface area contributed by atoms with Gasteiger partial charge in [0.25, 0.3) is 0 Å². The standard InChI is InChI=1S/C17H24N4OS/c1-13(14(2)21-9-4-7-19-21)18-11-17(22)20-8-3-5-16(20)15-6-10-23-12-15/h4,6-7,9-10,12-14,16,18H,3,5,8,11H2,1-2H3/t13-,14-,16-/m0/s1. The van der Waals surface area contributed by atoms with Crippen molar-refractivity contribution in [3.63, 3.8) is 0 Å². The molecule has 0 saturated carbocycles. The fourth-order valence-electron chi connectivity index (χ4n) is 3.15. The Morgan fingerprint density at radius 1 is 1.52 bits per heavy atom. The van der Waals surface area contributed by atoms with E-state index in [1.807, 2.05) is 21.8 Å². The van der Waals surface area contributed by atoms with Crippen molar-refractivity contribution in [1.82, 2.24) is 20.0 Å². The van der Waals surface area contributed by atoms with Crippen molar-refractivity contribution in [3.05, 3.63) is 40.8 Å². The molecule has 1 fully saturated rings. The smallest absolute Gasteiger partial charge is 0.237 e. The summed E-state index contributed by atoms with van der Waals surface area (Å²) in [5.41, 5.74) is 1.28. The second-order valence-electron chi connectivity index (χ2n) is 6.20. The number of hydrogen-bond donors (Lipinski definition) is 1. The van der Waals surface area contributed by atoms with Gasteiger partial charge in [-0.25, -0.2) is 0 Å². The van der Waals surface area contributed by atoms with Crippen molar-refractivity contribution in [3.8, 4) is 0 Å². The van der Waals surface area contributed by atoms with Gasteiger partial charge in [-0.2, -0.15) is 16.4 Å². The Balaban J connectivity index is 1.54. The van der Waals surface area contributed by atoms with Crippen molar-refractivity contribution in [2.24, 2.45) is 0 Å². The average Bonchev–Trinajstić information content (AvgIpc) is 3.32. The normalized spacial score (nSPS) is 20.6. The molecule has 1 N–H and O–H groups in total. The Morgan fingerprint density at radius 3 is 3.09 bits per heavy atom. The zero-order valence-electron chi connectivity index (χ0n) is 13.7. The van der Waals surface area contributed by atoms with Gasteiger partial charge in [0.2, 0.25) is 5.91 Å². The number of nitrogens with zero attached hydrogens (tertiary/aromatic N) is 3. The van der Waals surface area contributed by atoms with Gasteiger partial charge in [0.1, 0.15) is 0 Å². The van der Waals surface area contributed by atoms with Crippen LogP contribution in [0.2, 0.25) is 0 Å². The number of aromatic nitrogens is 2. The highest BCUT2D eigenvalue weighted by Gasteiger charge is 2.30. The minimum Gasteiger partial charge on any atom is -0.335 e. The second kappa shape index (κ2) is 7.27. The number of hydrogen-bond acceptors (Lipinski definition) is 4. The monoisotopic (exact) mass is 332 g/mol. The van der Waals surface area contributed by atoms with Gasteiger partial charge < -0.3 is 10.2 Å². The summed E-state index contributed by atoms with van der Waals surface area (Å²) in [5, 5.41) is 11.9. The molecule has 3 atom stereocenters. The number of thiophene rings is 1. The van der Waals surface area contributed by atoms with Crippen LogP contribution in [0, 0.1) is 0 Å². The number of amides is 1. The van der Waals surface area contributed by atoms with E-state index in [9.17, 15) is 4.79 Å². The highest BCUT2D eigenvalue weighted by molar-refractivity contribution is 7.07. The molecule has 0 bridgehead atoms. The molecule has 1 amide bonds. The molecular weight excluding hydrogens is 308 g/mol. The molecule has 5 nitrogen and oxygen atoms in total. The first kappa shape index (κ1) is 16.2. The maximum absolute atomic E-state index is 12.6. The van der Waals surface area contributed by atoms with Gasteiger partial charge in [0.15, 0.2) is 0 Å². The van der Waals surface area contributed by atoms with Crippen LogP contribution in [0.1, 0.15) is 44.3 Å². The van der Waals surface area contributed by atoms with Crippen molar-refractivity contribution < 1.29 is 4.79 Å². The first-order valence-corrected chi connectivity index (χ1v) is 9.15. The summed E-state index contributed by atoms with van der Waals surface area (Å²) in [6.07, 6.45) is 5.90. The lowest BCUT2D eigenvalue weighted by Gasteiger charge is -2.27. The Bertz CT molecular complexity index is 611. The maximum atomic E-state index is 12.6. The highest BCUT2D eigenvalue weighted by atomic mass is 32.1. The fourth-order valence-corrected chi connectivity index (χ4v) is 3.85. The van der Waals surface area contributed by atoms with E-state index in [0.717, 1.165) is 19.4 Å². The average molecular weight is 332 g/mol. The zero-order chi connectivity index (χ0) is 16.2. The molecule has 0 unspecified atom stereocenters. The van der Waals surface area contributed by atoms with E-state index in [1.54, 1.807) is 17.5 Å². The molecule has 2 aromatic heterocycles. The first-order valence-electron chi connectivity index (χ1n) is 8.21. The quantitative estimate of drug-likeness (QED) is 0.885. The van der Waals surface area contributed by atoms with Crippen molar-refractivity contribution in [2.45, 2.75) is 44.8 Å². The number of carbonyl (C=O) groups excluding carboxylic acids is 1. The van der Waals surface area contributed by atoms with Crippen LogP contribution in [0.5, 0.6) is 0 Å². The summed E-state index contributed by atoms with van der Waals surface area (Å²) >= 11 is 1.70. The molecule has 0 radical (unpaired) electrons. The molecule has 2 aromatic rings. The summed E-state index contributed by atoms with van der Waals surface area (Å²) in [7, 11) is 0. The van der Waals surface area contributed by atoms with Crippen LogP contribution in [0.3, 0.4) is 0 Å². The molecule has 23 heavy (non-hydrogen) atoms. The molecule has 1 aliphatic heterocycles. The lowest BCUT2D eigenvalue weighted by Crippen LogP contribution is -2.43. The van der Waals surface area contributed by atoms with Gasteiger partial charge in [-0.05, 0) is 55.1 Å². The third-order valence-corrected chi connectivity index (χ3v) is 5.44. The van der Waals surface area contributed by atoms with Crippen LogP contribution >= 0.6 is 11.3 Å². The third kappa shape index (κ3) is 3.64. The number of carbonyl (C=O) groups is 1. The summed E-state index contributed by atoms with van der Waals surface area (Å²) in [5.74, 6) is 0.193. The minimum atomic E-state index is 0.182. The van der Waals surface area contributed by atoms with Crippen LogP contribution < -0.4 is 5.32 Å². The van der Waals surface area contributed by atoms with Gasteiger partial charge in [0, 0.05) is 25.0 Å². The molecular formula is C17H24N4OS. The molecule has 1 aliphatic rings. The molecule has 0 aliphatic carbocycles. The number of likely N-dealkylation sites (tertiary alicyclic amines) is 1. The van der Waals surface area contributed by atoms with Crippen molar-refractivity contribution in [2.75, 3.05) is 13.1 Å². The molecule has 3 rings (SSSR count). The van der Waals surface area contributed by atoms with E-state index < -0.39 is 0 Å². The third-order valence-electron chi connectivity index (χ3n) is 4.74. The van der Waals surface area contributed by atoms with E-state index in [2.05, 4.69) is 41.1 Å². The molecule has 0 aromatic carbocycles. The minimum absolute atomic E-state index is 0.182. The van der Waals surface area contributed by atoms with E-state index >= 15 is 0 Å². The predicted octanol–water partition coefficient (Wildman–Crippen LogP) is 2.85. The van der Waals surface area contributed by atoms with Crippen molar-refractivity contribution >= 4 is 17.2 Å². The number of rotatable bonds is 6. The topological polar surface area (TPSA) is 50.2 Å². The fraction of sp³-hybridized carbons (Fsp3) is 0.529. The van der Waals surface area contributed by atoms with E-state index in [1.165, 1.54) is 5.56 Å². The van der Waals surface area contributed by atoms with Gasteiger partial charge >= 0.3 is 0 Å². The van der Waals surface area contributed by atoms with Crippen LogP contribution in [0.25, 0.3) is 0 Å². The summed E-state index contributed by atoms with van der Waals surface area (Å²) in [6, 6.07) is 4.71. The largest absolute Gasteiger partial charge is 0.335 e. The van der Waals surface area contributed by atoms with Gasteiger partial charge in [-0.15, -0.1) is 0 Å². The highest BCUT2D eigenvalue weighted by Crippen LogP contribution is 2.32. The van der Waals surface area contributed by atoms with Crippen LogP contribution in [-0.4, -0.2) is 39.7 Å². The van der Waals surface area contributed by atoms with Gasteiger partial charge in [0.05, 0.1) is 18.6 Å². The lowest BCUT2D eigenvalue weighted by molar-refractivity contribution is -0.131. The van der Waals surface area contributed by atoms with Crippen LogP contribution in [0.4, 0.5) is 0 Å². The predicted molar refractivity (Wildman–Crippen MR) is 92.4 cm³/mol. The Kier molecular flexibility index (Phi) is 5.13. The maximum Gasteiger partial charge on any atom is 0.237 e.